The Balaban J connectivity index is 1.77. The zero-order chi connectivity index (χ0) is 16.5. The summed E-state index contributed by atoms with van der Waals surface area (Å²) in [5.74, 6) is 3.42. The second-order valence-electron chi connectivity index (χ2n) is 5.71. The van der Waals surface area contributed by atoms with Gasteiger partial charge in [0.1, 0.15) is 12.4 Å². The van der Waals surface area contributed by atoms with Gasteiger partial charge in [-0.2, -0.15) is 0 Å². The molecule has 2 rings (SSSR count). The molecule has 0 aromatic heterocycles. The van der Waals surface area contributed by atoms with Crippen LogP contribution in [0.3, 0.4) is 0 Å². The van der Waals surface area contributed by atoms with Crippen LogP contribution in [0.4, 0.5) is 0 Å². The number of nitrogens with zero attached hydrogens (tertiary/aromatic N) is 1. The molecule has 1 aromatic carbocycles. The molecule has 1 aromatic rings. The molecule has 0 atom stereocenters. The summed E-state index contributed by atoms with van der Waals surface area (Å²) in [6, 6.07) is 8.43. The predicted octanol–water partition coefficient (Wildman–Crippen LogP) is 0.999. The maximum atomic E-state index is 11.4. The van der Waals surface area contributed by atoms with E-state index in [0.717, 1.165) is 43.8 Å². The third-order valence-corrected chi connectivity index (χ3v) is 4.10. The number of para-hydroxylation sites is 1. The summed E-state index contributed by atoms with van der Waals surface area (Å²) in [7, 11) is 1.68. The van der Waals surface area contributed by atoms with Gasteiger partial charge in [0.2, 0.25) is 5.91 Å². The molecule has 2 N–H and O–H groups in total. The van der Waals surface area contributed by atoms with Crippen molar-refractivity contribution in [3.05, 3.63) is 29.8 Å². The average Bonchev–Trinajstić information content (AvgIpc) is 2.60. The molecule has 124 valence electrons. The lowest BCUT2D eigenvalue weighted by molar-refractivity contribution is -0.122. The van der Waals surface area contributed by atoms with E-state index in [-0.39, 0.29) is 12.5 Å². The van der Waals surface area contributed by atoms with Gasteiger partial charge < -0.3 is 15.4 Å². The smallest absolute Gasteiger partial charge is 0.233 e. The van der Waals surface area contributed by atoms with Crippen molar-refractivity contribution in [1.82, 2.24) is 15.5 Å². The summed E-state index contributed by atoms with van der Waals surface area (Å²) in [5.41, 5.74) is 1.12. The van der Waals surface area contributed by atoms with Crippen LogP contribution < -0.4 is 15.4 Å². The van der Waals surface area contributed by atoms with Crippen LogP contribution in [0.1, 0.15) is 18.4 Å². The Hall–Kier alpha value is -2.03. The molecule has 0 aliphatic carbocycles. The van der Waals surface area contributed by atoms with Crippen LogP contribution in [0.25, 0.3) is 0 Å². The van der Waals surface area contributed by atoms with E-state index in [1.807, 2.05) is 18.2 Å². The molecular weight excluding hydrogens is 290 g/mol. The van der Waals surface area contributed by atoms with Gasteiger partial charge in [0.25, 0.3) is 0 Å². The van der Waals surface area contributed by atoms with Crippen molar-refractivity contribution < 1.29 is 9.53 Å². The van der Waals surface area contributed by atoms with E-state index in [2.05, 4.69) is 27.5 Å². The van der Waals surface area contributed by atoms with Crippen molar-refractivity contribution in [3.63, 3.8) is 0 Å². The van der Waals surface area contributed by atoms with Crippen LogP contribution in [0, 0.1) is 12.3 Å². The molecule has 5 heteroatoms. The number of hydrogen-bond donors (Lipinski definition) is 2. The Morgan fingerprint density at radius 3 is 2.83 bits per heavy atom. The van der Waals surface area contributed by atoms with Crippen molar-refractivity contribution in [3.8, 4) is 18.1 Å². The number of hydrogen-bond acceptors (Lipinski definition) is 4. The van der Waals surface area contributed by atoms with Crippen molar-refractivity contribution >= 4 is 5.91 Å². The van der Waals surface area contributed by atoms with Gasteiger partial charge >= 0.3 is 0 Å². The van der Waals surface area contributed by atoms with Crippen LogP contribution >= 0.6 is 0 Å². The Kier molecular flexibility index (Phi) is 6.92. The van der Waals surface area contributed by atoms with Crippen molar-refractivity contribution in [2.45, 2.75) is 25.4 Å². The van der Waals surface area contributed by atoms with Crippen LogP contribution in [0.5, 0.6) is 5.75 Å². The molecule has 1 aliphatic rings. The SMILES string of the molecule is C#CCOc1ccccc1CNC1CCN(CC(=O)NC)CC1. The summed E-state index contributed by atoms with van der Waals surface area (Å²) in [5, 5.41) is 6.25. The first-order valence-electron chi connectivity index (χ1n) is 8.03. The highest BCUT2D eigenvalue weighted by Gasteiger charge is 2.20. The van der Waals surface area contributed by atoms with Gasteiger partial charge in [-0.25, -0.2) is 0 Å². The lowest BCUT2D eigenvalue weighted by atomic mass is 10.0. The molecule has 0 bridgehead atoms. The zero-order valence-electron chi connectivity index (χ0n) is 13.7. The summed E-state index contributed by atoms with van der Waals surface area (Å²) in [4.78, 5) is 13.6. The molecule has 1 fully saturated rings. The highest BCUT2D eigenvalue weighted by atomic mass is 16.5. The highest BCUT2D eigenvalue weighted by molar-refractivity contribution is 5.77. The fraction of sp³-hybridized carbons (Fsp3) is 0.500. The minimum Gasteiger partial charge on any atom is -0.481 e. The van der Waals surface area contributed by atoms with Crippen LogP contribution in [-0.2, 0) is 11.3 Å². The first kappa shape index (κ1) is 17.3. The molecule has 1 amide bonds. The number of amides is 1. The van der Waals surface area contributed by atoms with Gasteiger partial charge in [-0.3, -0.25) is 9.69 Å². The van der Waals surface area contributed by atoms with E-state index in [0.29, 0.717) is 12.6 Å². The van der Waals surface area contributed by atoms with E-state index in [1.54, 1.807) is 7.05 Å². The molecule has 0 saturated carbocycles. The molecule has 1 heterocycles. The number of ether oxygens (including phenoxy) is 1. The molecule has 0 spiro atoms. The monoisotopic (exact) mass is 315 g/mol. The third-order valence-electron chi connectivity index (χ3n) is 4.10. The van der Waals surface area contributed by atoms with Crippen molar-refractivity contribution in [2.24, 2.45) is 0 Å². The van der Waals surface area contributed by atoms with Crippen LogP contribution in [0.15, 0.2) is 24.3 Å². The number of benzene rings is 1. The molecule has 23 heavy (non-hydrogen) atoms. The quantitative estimate of drug-likeness (QED) is 0.737. The van der Waals surface area contributed by atoms with Crippen molar-refractivity contribution in [1.29, 1.82) is 0 Å². The van der Waals surface area contributed by atoms with E-state index in [1.165, 1.54) is 0 Å². The zero-order valence-corrected chi connectivity index (χ0v) is 13.7. The maximum absolute atomic E-state index is 11.4. The largest absolute Gasteiger partial charge is 0.481 e. The normalized spacial score (nSPS) is 15.8. The number of terminal acetylenes is 1. The minimum atomic E-state index is 0.0796. The molecule has 1 saturated heterocycles. The van der Waals surface area contributed by atoms with E-state index >= 15 is 0 Å². The second kappa shape index (κ2) is 9.19. The Bertz CT molecular complexity index is 545. The number of carbonyl (C=O) groups is 1. The minimum absolute atomic E-state index is 0.0796. The first-order chi connectivity index (χ1) is 11.2. The number of likely N-dealkylation sites (tertiary alicyclic amines) is 1. The molecule has 0 unspecified atom stereocenters. The summed E-state index contributed by atoms with van der Waals surface area (Å²) >= 11 is 0. The van der Waals surface area contributed by atoms with Gasteiger partial charge in [0.05, 0.1) is 6.54 Å². The molecule has 1 aliphatic heterocycles. The van der Waals surface area contributed by atoms with E-state index < -0.39 is 0 Å². The van der Waals surface area contributed by atoms with Gasteiger partial charge in [0.15, 0.2) is 0 Å². The van der Waals surface area contributed by atoms with E-state index in [9.17, 15) is 4.79 Å². The molecular formula is C18H25N3O2. The number of carbonyl (C=O) groups excluding carboxylic acids is 1. The molecule has 0 radical (unpaired) electrons. The fourth-order valence-electron chi connectivity index (χ4n) is 2.74. The van der Waals surface area contributed by atoms with Crippen LogP contribution in [0.2, 0.25) is 0 Å². The third kappa shape index (κ3) is 5.59. The van der Waals surface area contributed by atoms with E-state index in [4.69, 9.17) is 11.2 Å². The summed E-state index contributed by atoms with van der Waals surface area (Å²) < 4.78 is 5.57. The Morgan fingerprint density at radius 1 is 1.39 bits per heavy atom. The second-order valence-corrected chi connectivity index (χ2v) is 5.71. The fourth-order valence-corrected chi connectivity index (χ4v) is 2.74. The number of nitrogens with one attached hydrogen (secondary N) is 2. The van der Waals surface area contributed by atoms with Crippen molar-refractivity contribution in [2.75, 3.05) is 33.3 Å². The van der Waals surface area contributed by atoms with Gasteiger partial charge in [-0.15, -0.1) is 6.42 Å². The van der Waals surface area contributed by atoms with Gasteiger partial charge in [-0.1, -0.05) is 24.1 Å². The predicted molar refractivity (Wildman–Crippen MR) is 91.1 cm³/mol. The average molecular weight is 315 g/mol. The standard InChI is InChI=1S/C18H25N3O2/c1-3-12-23-17-7-5-4-6-15(17)13-20-16-8-10-21(11-9-16)14-18(22)19-2/h1,4-7,16,20H,8-14H2,2H3,(H,19,22). The number of piperidine rings is 1. The highest BCUT2D eigenvalue weighted by Crippen LogP contribution is 2.19. The van der Waals surface area contributed by atoms with Gasteiger partial charge in [-0.05, 0) is 18.9 Å². The first-order valence-corrected chi connectivity index (χ1v) is 8.03. The summed E-state index contributed by atoms with van der Waals surface area (Å²) in [6.45, 7) is 3.43. The topological polar surface area (TPSA) is 53.6 Å². The van der Waals surface area contributed by atoms with Crippen LogP contribution in [-0.4, -0.2) is 50.1 Å². The maximum Gasteiger partial charge on any atom is 0.233 e. The number of likely N-dealkylation sites (N-methyl/N-ethyl adjacent to an activating group) is 1. The van der Waals surface area contributed by atoms with Gasteiger partial charge in [0, 0.05) is 38.3 Å². The lowest BCUT2D eigenvalue weighted by Gasteiger charge is -2.32. The summed E-state index contributed by atoms with van der Waals surface area (Å²) in [6.07, 6.45) is 7.34. The number of rotatable bonds is 7. The Labute approximate surface area is 138 Å². The lowest BCUT2D eigenvalue weighted by Crippen LogP contribution is -2.45. The Morgan fingerprint density at radius 2 is 2.13 bits per heavy atom. The molecule has 5 nitrogen and oxygen atoms in total.